The van der Waals surface area contributed by atoms with Crippen molar-refractivity contribution in [3.8, 4) is 0 Å². The monoisotopic (exact) mass is 330 g/mol. The van der Waals surface area contributed by atoms with E-state index in [1.807, 2.05) is 48.5 Å². The van der Waals surface area contributed by atoms with Crippen molar-refractivity contribution in [3.63, 3.8) is 0 Å². The molecule has 2 rings (SSSR count). The van der Waals surface area contributed by atoms with Crippen molar-refractivity contribution >= 4 is 12.1 Å². The summed E-state index contributed by atoms with van der Waals surface area (Å²) in [6.45, 7) is 0.157. The van der Waals surface area contributed by atoms with Crippen LogP contribution in [-0.2, 0) is 22.4 Å². The van der Waals surface area contributed by atoms with Crippen LogP contribution in [0.5, 0.6) is 0 Å². The number of carbonyl (C=O) groups is 2. The maximum atomic E-state index is 10.3. The summed E-state index contributed by atoms with van der Waals surface area (Å²) < 4.78 is 4.59. The first-order chi connectivity index (χ1) is 11.5. The summed E-state index contributed by atoms with van der Waals surface area (Å²) in [4.78, 5) is 20.5. The lowest BCUT2D eigenvalue weighted by Crippen LogP contribution is -2.31. The third-order valence-electron chi connectivity index (χ3n) is 2.98. The number of hydrogen-bond donors (Lipinski definition) is 3. The Morgan fingerprint density at radius 1 is 0.958 bits per heavy atom. The Labute approximate surface area is 141 Å². The molecule has 0 aliphatic carbocycles. The molecule has 0 radical (unpaired) electrons. The summed E-state index contributed by atoms with van der Waals surface area (Å²) >= 11 is 0. The molecular formula is C18H22N2O4. The second kappa shape index (κ2) is 10.8. The molecule has 1 unspecified atom stereocenters. The first kappa shape index (κ1) is 19.2. The zero-order valence-electron chi connectivity index (χ0n) is 13.3. The average molecular weight is 330 g/mol. The molecule has 0 fully saturated rings. The van der Waals surface area contributed by atoms with Gasteiger partial charge in [-0.2, -0.15) is 0 Å². The first-order valence-corrected chi connectivity index (χ1v) is 7.45. The standard InChI is InChI=1S/C10H14N2O2.C8H8O2/c11-9(7-14-10(12)13)6-8-4-2-1-3-5-8;9-8(10)6-7-4-2-1-3-5-7/h1-5,9H,6-7,11H2,(H2,12,13);1-5H,6H2,(H,9,10). The third kappa shape index (κ3) is 9.22. The van der Waals surface area contributed by atoms with Crippen molar-refractivity contribution < 1.29 is 19.4 Å². The lowest BCUT2D eigenvalue weighted by Gasteiger charge is -2.10. The molecule has 0 saturated carbocycles. The van der Waals surface area contributed by atoms with E-state index in [4.69, 9.17) is 16.6 Å². The van der Waals surface area contributed by atoms with Crippen LogP contribution in [0, 0.1) is 0 Å². The number of carboxylic acid groups (broad SMARTS) is 1. The summed E-state index contributed by atoms with van der Waals surface area (Å²) in [7, 11) is 0. The van der Waals surface area contributed by atoms with Crippen LogP contribution >= 0.6 is 0 Å². The van der Waals surface area contributed by atoms with Gasteiger partial charge < -0.3 is 21.3 Å². The Bertz CT molecular complexity index is 617. The van der Waals surface area contributed by atoms with Crippen LogP contribution < -0.4 is 11.5 Å². The van der Waals surface area contributed by atoms with Crippen LogP contribution in [-0.4, -0.2) is 29.8 Å². The number of nitrogens with two attached hydrogens (primary N) is 2. The summed E-state index contributed by atoms with van der Waals surface area (Å²) in [6.07, 6.45) is 0.00288. The Morgan fingerprint density at radius 2 is 1.46 bits per heavy atom. The van der Waals surface area contributed by atoms with Crippen molar-refractivity contribution in [1.82, 2.24) is 0 Å². The van der Waals surface area contributed by atoms with Crippen LogP contribution in [0.4, 0.5) is 4.79 Å². The van der Waals surface area contributed by atoms with Gasteiger partial charge in [0.1, 0.15) is 6.61 Å². The van der Waals surface area contributed by atoms with E-state index in [9.17, 15) is 9.59 Å². The highest BCUT2D eigenvalue weighted by molar-refractivity contribution is 5.70. The number of hydrogen-bond acceptors (Lipinski definition) is 4. The normalized spacial score (nSPS) is 10.9. The molecule has 0 aliphatic rings. The van der Waals surface area contributed by atoms with Gasteiger partial charge in [-0.25, -0.2) is 4.79 Å². The molecule has 0 bridgehead atoms. The Kier molecular flexibility index (Phi) is 8.63. The summed E-state index contributed by atoms with van der Waals surface area (Å²) in [6, 6.07) is 18.7. The van der Waals surface area contributed by atoms with E-state index < -0.39 is 12.1 Å². The zero-order chi connectivity index (χ0) is 17.8. The van der Waals surface area contributed by atoms with E-state index in [0.29, 0.717) is 6.42 Å². The van der Waals surface area contributed by atoms with E-state index >= 15 is 0 Å². The van der Waals surface area contributed by atoms with Gasteiger partial charge in [0.25, 0.3) is 0 Å². The second-order valence-corrected chi connectivity index (χ2v) is 5.14. The fourth-order valence-corrected chi connectivity index (χ4v) is 1.94. The SMILES string of the molecule is NC(=O)OCC(N)Cc1ccccc1.O=C(O)Cc1ccccc1. The van der Waals surface area contributed by atoms with Crippen molar-refractivity contribution in [2.45, 2.75) is 18.9 Å². The molecule has 24 heavy (non-hydrogen) atoms. The average Bonchev–Trinajstić information content (AvgIpc) is 2.55. The van der Waals surface area contributed by atoms with Gasteiger partial charge in [0.2, 0.25) is 0 Å². The Morgan fingerprint density at radius 3 is 1.92 bits per heavy atom. The molecule has 0 aromatic heterocycles. The van der Waals surface area contributed by atoms with Gasteiger partial charge in [0.05, 0.1) is 6.42 Å². The highest BCUT2D eigenvalue weighted by Gasteiger charge is 2.05. The maximum Gasteiger partial charge on any atom is 0.404 e. The molecule has 5 N–H and O–H groups in total. The molecular weight excluding hydrogens is 308 g/mol. The molecule has 2 aromatic rings. The molecule has 0 aliphatic heterocycles. The predicted molar refractivity (Wildman–Crippen MR) is 91.4 cm³/mol. The van der Waals surface area contributed by atoms with Crippen molar-refractivity contribution in [1.29, 1.82) is 0 Å². The van der Waals surface area contributed by atoms with E-state index in [2.05, 4.69) is 4.74 Å². The highest BCUT2D eigenvalue weighted by atomic mass is 16.5. The van der Waals surface area contributed by atoms with Gasteiger partial charge in [-0.05, 0) is 17.5 Å². The van der Waals surface area contributed by atoms with Gasteiger partial charge in [-0.1, -0.05) is 60.7 Å². The summed E-state index contributed by atoms with van der Waals surface area (Å²) in [5.41, 5.74) is 12.5. The number of aliphatic carboxylic acids is 1. The summed E-state index contributed by atoms with van der Waals surface area (Å²) in [5.74, 6) is -0.786. The molecule has 0 spiro atoms. The zero-order valence-corrected chi connectivity index (χ0v) is 13.3. The van der Waals surface area contributed by atoms with Crippen molar-refractivity contribution in [2.24, 2.45) is 11.5 Å². The predicted octanol–water partition coefficient (Wildman–Crippen LogP) is 1.97. The lowest BCUT2D eigenvalue weighted by atomic mass is 10.1. The van der Waals surface area contributed by atoms with Crippen molar-refractivity contribution in [2.75, 3.05) is 6.61 Å². The Balaban J connectivity index is 0.000000254. The number of rotatable bonds is 6. The van der Waals surface area contributed by atoms with Gasteiger partial charge in [-0.3, -0.25) is 4.79 Å². The molecule has 6 heteroatoms. The smallest absolute Gasteiger partial charge is 0.404 e. The fourth-order valence-electron chi connectivity index (χ4n) is 1.94. The minimum Gasteiger partial charge on any atom is -0.481 e. The van der Waals surface area contributed by atoms with Crippen LogP contribution in [0.25, 0.3) is 0 Å². The lowest BCUT2D eigenvalue weighted by molar-refractivity contribution is -0.136. The quantitative estimate of drug-likeness (QED) is 0.749. The molecule has 0 saturated heterocycles. The molecule has 0 heterocycles. The molecule has 128 valence electrons. The molecule has 6 nitrogen and oxygen atoms in total. The van der Waals surface area contributed by atoms with Gasteiger partial charge in [0.15, 0.2) is 0 Å². The van der Waals surface area contributed by atoms with Crippen LogP contribution in [0.3, 0.4) is 0 Å². The number of carbonyl (C=O) groups excluding carboxylic acids is 1. The summed E-state index contributed by atoms with van der Waals surface area (Å²) in [5, 5.41) is 8.37. The maximum absolute atomic E-state index is 10.3. The topological polar surface area (TPSA) is 116 Å². The minimum absolute atomic E-state index is 0.112. The Hall–Kier alpha value is -2.86. The highest BCUT2D eigenvalue weighted by Crippen LogP contribution is 2.02. The van der Waals surface area contributed by atoms with Gasteiger partial charge >= 0.3 is 12.1 Å². The largest absolute Gasteiger partial charge is 0.481 e. The van der Waals surface area contributed by atoms with Gasteiger partial charge in [-0.15, -0.1) is 0 Å². The molecule has 1 atom stereocenters. The van der Waals surface area contributed by atoms with E-state index in [1.165, 1.54) is 0 Å². The third-order valence-corrected chi connectivity index (χ3v) is 2.98. The molecule has 1 amide bonds. The minimum atomic E-state index is -0.786. The van der Waals surface area contributed by atoms with Crippen LogP contribution in [0.2, 0.25) is 0 Å². The molecule has 2 aromatic carbocycles. The van der Waals surface area contributed by atoms with Crippen LogP contribution in [0.1, 0.15) is 11.1 Å². The fraction of sp³-hybridized carbons (Fsp3) is 0.222. The van der Waals surface area contributed by atoms with E-state index in [0.717, 1.165) is 11.1 Å². The van der Waals surface area contributed by atoms with E-state index in [1.54, 1.807) is 12.1 Å². The number of benzene rings is 2. The number of primary amides is 1. The van der Waals surface area contributed by atoms with Crippen molar-refractivity contribution in [3.05, 3.63) is 71.8 Å². The number of ether oxygens (including phenoxy) is 1. The van der Waals surface area contributed by atoms with E-state index in [-0.39, 0.29) is 19.1 Å². The number of amides is 1. The van der Waals surface area contributed by atoms with Gasteiger partial charge in [0, 0.05) is 6.04 Å². The number of carboxylic acids is 1. The van der Waals surface area contributed by atoms with Crippen LogP contribution in [0.15, 0.2) is 60.7 Å². The second-order valence-electron chi connectivity index (χ2n) is 5.14. The first-order valence-electron chi connectivity index (χ1n) is 7.45.